The van der Waals surface area contributed by atoms with E-state index in [1.165, 1.54) is 6.33 Å². The van der Waals surface area contributed by atoms with Crippen molar-refractivity contribution < 1.29 is 0 Å². The quantitative estimate of drug-likeness (QED) is 0.531. The highest BCUT2D eigenvalue weighted by Crippen LogP contribution is 2.24. The summed E-state index contributed by atoms with van der Waals surface area (Å²) in [5.74, 6) is 1.90. The molecule has 0 N–H and O–H groups in total. The van der Waals surface area contributed by atoms with Crippen LogP contribution >= 0.6 is 11.6 Å². The van der Waals surface area contributed by atoms with E-state index < -0.39 is 0 Å². The Morgan fingerprint density at radius 1 is 0.792 bits per heavy atom. The fourth-order valence-electron chi connectivity index (χ4n) is 2.40. The Bertz CT molecular complexity index is 967. The van der Waals surface area contributed by atoms with Crippen molar-refractivity contribution in [3.8, 4) is 28.6 Å². The lowest BCUT2D eigenvalue weighted by Gasteiger charge is -2.04. The fourth-order valence-corrected chi connectivity index (χ4v) is 2.54. The molecule has 0 atom stereocenters. The van der Waals surface area contributed by atoms with Crippen molar-refractivity contribution in [1.29, 1.82) is 0 Å². The average Bonchev–Trinajstić information content (AvgIpc) is 3.09. The summed E-state index contributed by atoms with van der Waals surface area (Å²) >= 11 is 6.00. The molecule has 0 saturated heterocycles. The van der Waals surface area contributed by atoms with Gasteiger partial charge >= 0.3 is 0 Å². The Morgan fingerprint density at radius 2 is 1.46 bits per heavy atom. The SMILES string of the molecule is Clc1cc(-n2nc(-c3ccccc3)nc2-c2ccccc2)ncn1. The molecular formula is C18H12ClN5. The van der Waals surface area contributed by atoms with E-state index in [-0.39, 0.29) is 0 Å². The number of hydrogen-bond donors (Lipinski definition) is 0. The molecule has 0 spiro atoms. The molecule has 0 unspecified atom stereocenters. The second kappa shape index (κ2) is 6.22. The third-order valence-corrected chi connectivity index (χ3v) is 3.71. The maximum atomic E-state index is 6.00. The number of hydrogen-bond acceptors (Lipinski definition) is 4. The van der Waals surface area contributed by atoms with E-state index in [4.69, 9.17) is 16.6 Å². The maximum Gasteiger partial charge on any atom is 0.182 e. The van der Waals surface area contributed by atoms with E-state index >= 15 is 0 Å². The van der Waals surface area contributed by atoms with Gasteiger partial charge in [-0.1, -0.05) is 72.3 Å². The molecule has 0 fully saturated rings. The topological polar surface area (TPSA) is 56.5 Å². The lowest BCUT2D eigenvalue weighted by molar-refractivity contribution is 0.848. The second-order valence-electron chi connectivity index (χ2n) is 5.10. The van der Waals surface area contributed by atoms with Gasteiger partial charge in [0.1, 0.15) is 11.5 Å². The Kier molecular flexibility index (Phi) is 3.76. The Labute approximate surface area is 143 Å². The van der Waals surface area contributed by atoms with E-state index in [1.54, 1.807) is 10.7 Å². The minimum Gasteiger partial charge on any atom is -0.224 e. The second-order valence-corrected chi connectivity index (χ2v) is 5.49. The summed E-state index contributed by atoms with van der Waals surface area (Å²) in [6.45, 7) is 0. The standard InChI is InChI=1S/C18H12ClN5/c19-15-11-16(21-12-20-15)24-18(14-9-5-2-6-10-14)22-17(23-24)13-7-3-1-4-8-13/h1-12H. The highest BCUT2D eigenvalue weighted by Gasteiger charge is 2.15. The van der Waals surface area contributed by atoms with Crippen LogP contribution in [-0.4, -0.2) is 24.7 Å². The average molecular weight is 334 g/mol. The molecule has 5 nitrogen and oxygen atoms in total. The Morgan fingerprint density at radius 3 is 2.12 bits per heavy atom. The fraction of sp³-hybridized carbons (Fsp3) is 0. The van der Waals surface area contributed by atoms with Crippen molar-refractivity contribution in [2.75, 3.05) is 0 Å². The summed E-state index contributed by atoms with van der Waals surface area (Å²) in [5, 5.41) is 4.98. The van der Waals surface area contributed by atoms with Crippen LogP contribution < -0.4 is 0 Å². The van der Waals surface area contributed by atoms with E-state index in [1.807, 2.05) is 60.7 Å². The van der Waals surface area contributed by atoms with Crippen LogP contribution in [0.25, 0.3) is 28.6 Å². The molecule has 2 aromatic carbocycles. The molecule has 24 heavy (non-hydrogen) atoms. The molecule has 4 rings (SSSR count). The third kappa shape index (κ3) is 2.77. The van der Waals surface area contributed by atoms with Crippen molar-refractivity contribution in [1.82, 2.24) is 24.7 Å². The molecule has 0 saturated carbocycles. The predicted octanol–water partition coefficient (Wildman–Crippen LogP) is 4.04. The first kappa shape index (κ1) is 14.5. The first-order chi connectivity index (χ1) is 11.8. The zero-order chi connectivity index (χ0) is 16.4. The number of nitrogens with zero attached hydrogens (tertiary/aromatic N) is 5. The largest absolute Gasteiger partial charge is 0.224 e. The summed E-state index contributed by atoms with van der Waals surface area (Å²) in [6, 6.07) is 21.3. The van der Waals surface area contributed by atoms with Crippen molar-refractivity contribution in [2.24, 2.45) is 0 Å². The minimum absolute atomic E-state index is 0.357. The van der Waals surface area contributed by atoms with E-state index in [2.05, 4.69) is 15.1 Å². The summed E-state index contributed by atoms with van der Waals surface area (Å²) in [5.41, 5.74) is 1.88. The molecule has 2 heterocycles. The number of benzene rings is 2. The van der Waals surface area contributed by atoms with Crippen LogP contribution in [0.3, 0.4) is 0 Å². The monoisotopic (exact) mass is 333 g/mol. The van der Waals surface area contributed by atoms with Crippen LogP contribution in [-0.2, 0) is 0 Å². The molecule has 2 aromatic heterocycles. The predicted molar refractivity (Wildman–Crippen MR) is 92.8 cm³/mol. The molecule has 116 valence electrons. The van der Waals surface area contributed by atoms with Gasteiger partial charge in [0.2, 0.25) is 0 Å². The molecule has 6 heteroatoms. The normalized spacial score (nSPS) is 10.7. The van der Waals surface area contributed by atoms with E-state index in [9.17, 15) is 0 Å². The summed E-state index contributed by atoms with van der Waals surface area (Å²) in [4.78, 5) is 12.9. The smallest absolute Gasteiger partial charge is 0.182 e. The van der Waals surface area contributed by atoms with Gasteiger partial charge in [0, 0.05) is 17.2 Å². The summed E-state index contributed by atoms with van der Waals surface area (Å²) < 4.78 is 1.69. The molecule has 4 aromatic rings. The van der Waals surface area contributed by atoms with Crippen LogP contribution in [0, 0.1) is 0 Å². The molecule has 0 aliphatic carbocycles. The lowest BCUT2D eigenvalue weighted by Crippen LogP contribution is -2.02. The molecule has 0 radical (unpaired) electrons. The highest BCUT2D eigenvalue weighted by atomic mass is 35.5. The van der Waals surface area contributed by atoms with E-state index in [0.717, 1.165) is 11.1 Å². The van der Waals surface area contributed by atoms with Gasteiger partial charge in [-0.25, -0.2) is 15.0 Å². The van der Waals surface area contributed by atoms with Crippen LogP contribution in [0.5, 0.6) is 0 Å². The van der Waals surface area contributed by atoms with Gasteiger partial charge in [-0.3, -0.25) is 0 Å². The van der Waals surface area contributed by atoms with Crippen LogP contribution in [0.1, 0.15) is 0 Å². The van der Waals surface area contributed by atoms with Crippen LogP contribution in [0.2, 0.25) is 5.15 Å². The number of aromatic nitrogens is 5. The first-order valence-corrected chi connectivity index (χ1v) is 7.75. The summed E-state index contributed by atoms with van der Waals surface area (Å²) in [6.07, 6.45) is 1.41. The maximum absolute atomic E-state index is 6.00. The van der Waals surface area contributed by atoms with Crippen molar-refractivity contribution >= 4 is 11.6 Å². The first-order valence-electron chi connectivity index (χ1n) is 7.37. The molecular weight excluding hydrogens is 322 g/mol. The minimum atomic E-state index is 0.357. The van der Waals surface area contributed by atoms with Gasteiger partial charge in [0.25, 0.3) is 0 Å². The summed E-state index contributed by atoms with van der Waals surface area (Å²) in [7, 11) is 0. The van der Waals surface area contributed by atoms with Gasteiger partial charge in [0.05, 0.1) is 0 Å². The lowest BCUT2D eigenvalue weighted by atomic mass is 10.2. The van der Waals surface area contributed by atoms with E-state index in [0.29, 0.717) is 22.6 Å². The van der Waals surface area contributed by atoms with Gasteiger partial charge < -0.3 is 0 Å². The molecule has 0 aliphatic heterocycles. The highest BCUT2D eigenvalue weighted by molar-refractivity contribution is 6.29. The number of halogens is 1. The van der Waals surface area contributed by atoms with Gasteiger partial charge in [-0.15, -0.1) is 5.10 Å². The van der Waals surface area contributed by atoms with Crippen LogP contribution in [0.15, 0.2) is 73.1 Å². The molecule has 0 aliphatic rings. The Hall–Kier alpha value is -3.05. The van der Waals surface area contributed by atoms with Crippen molar-refractivity contribution in [3.05, 3.63) is 78.2 Å². The zero-order valence-corrected chi connectivity index (χ0v) is 13.3. The van der Waals surface area contributed by atoms with Crippen molar-refractivity contribution in [2.45, 2.75) is 0 Å². The zero-order valence-electron chi connectivity index (χ0n) is 12.5. The number of rotatable bonds is 3. The van der Waals surface area contributed by atoms with Gasteiger partial charge in [-0.05, 0) is 0 Å². The van der Waals surface area contributed by atoms with Crippen LogP contribution in [0.4, 0.5) is 0 Å². The molecule has 0 bridgehead atoms. The van der Waals surface area contributed by atoms with Crippen molar-refractivity contribution in [3.63, 3.8) is 0 Å². The van der Waals surface area contributed by atoms with Gasteiger partial charge in [0.15, 0.2) is 17.5 Å². The molecule has 0 amide bonds. The van der Waals surface area contributed by atoms with Gasteiger partial charge in [-0.2, -0.15) is 4.68 Å². The third-order valence-electron chi connectivity index (χ3n) is 3.51. The Balaban J connectivity index is 1.92.